The summed E-state index contributed by atoms with van der Waals surface area (Å²) in [6.45, 7) is -0.239. The Morgan fingerprint density at radius 3 is 2.73 bits per heavy atom. The Kier molecular flexibility index (Phi) is 5.35. The Labute approximate surface area is 182 Å². The van der Waals surface area contributed by atoms with Gasteiger partial charge in [-0.1, -0.05) is 0 Å². The molecule has 1 unspecified atom stereocenters. The van der Waals surface area contributed by atoms with Gasteiger partial charge in [-0.05, 0) is 18.6 Å². The lowest BCUT2D eigenvalue weighted by molar-refractivity contribution is -0.140. The number of carbonyl (C=O) groups is 2. The fraction of sp³-hybridized carbons (Fsp3) is 0.263. The van der Waals surface area contributed by atoms with Crippen LogP contribution >= 0.6 is 0 Å². The fourth-order valence-electron chi connectivity index (χ4n) is 3.39. The van der Waals surface area contributed by atoms with E-state index in [0.717, 1.165) is 4.57 Å². The van der Waals surface area contributed by atoms with Crippen LogP contribution in [0.15, 0.2) is 29.5 Å². The summed E-state index contributed by atoms with van der Waals surface area (Å²) < 4.78 is 38.3. The number of hydrogen-bond donors (Lipinski definition) is 4. The van der Waals surface area contributed by atoms with Crippen molar-refractivity contribution in [3.8, 4) is 11.4 Å². The molecule has 33 heavy (non-hydrogen) atoms. The van der Waals surface area contributed by atoms with Crippen molar-refractivity contribution in [2.45, 2.75) is 25.6 Å². The van der Waals surface area contributed by atoms with Gasteiger partial charge in [0, 0.05) is 23.3 Å². The van der Waals surface area contributed by atoms with Crippen molar-refractivity contribution in [3.05, 3.63) is 40.7 Å². The maximum absolute atomic E-state index is 12.4. The van der Waals surface area contributed by atoms with Crippen molar-refractivity contribution in [2.24, 2.45) is 5.73 Å². The fourth-order valence-corrected chi connectivity index (χ4v) is 3.39. The largest absolute Gasteiger partial charge is 0.405 e. The number of carbonyl (C=O) groups excluding carboxylic acids is 2. The summed E-state index contributed by atoms with van der Waals surface area (Å²) in [7, 11) is 0. The van der Waals surface area contributed by atoms with Crippen molar-refractivity contribution in [3.63, 3.8) is 0 Å². The number of halogens is 3. The lowest BCUT2D eigenvalue weighted by Crippen LogP contribution is -2.39. The molecule has 0 aliphatic carbocycles. The Morgan fingerprint density at radius 1 is 1.27 bits per heavy atom. The lowest BCUT2D eigenvalue weighted by Gasteiger charge is -2.14. The predicted molar refractivity (Wildman–Crippen MR) is 110 cm³/mol. The first kappa shape index (κ1) is 22.0. The number of fused-ring (bicyclic) bond motifs is 2. The summed E-state index contributed by atoms with van der Waals surface area (Å²) in [6.07, 6.45) is -0.193. The van der Waals surface area contributed by atoms with E-state index < -0.39 is 36.3 Å². The van der Waals surface area contributed by atoms with Gasteiger partial charge in [-0.3, -0.25) is 14.2 Å². The van der Waals surface area contributed by atoms with Crippen molar-refractivity contribution in [1.82, 2.24) is 34.8 Å². The van der Waals surface area contributed by atoms with Gasteiger partial charge in [0.25, 0.3) is 0 Å². The average Bonchev–Trinajstić information content (AvgIpc) is 3.29. The Morgan fingerprint density at radius 2 is 2.03 bits per heavy atom. The van der Waals surface area contributed by atoms with Crippen LogP contribution in [0.25, 0.3) is 33.6 Å². The van der Waals surface area contributed by atoms with Crippen LogP contribution < -0.4 is 16.7 Å². The van der Waals surface area contributed by atoms with Crippen LogP contribution in [0.2, 0.25) is 0 Å². The van der Waals surface area contributed by atoms with Gasteiger partial charge in [0.1, 0.15) is 23.8 Å². The zero-order chi connectivity index (χ0) is 23.9. The van der Waals surface area contributed by atoms with Gasteiger partial charge in [-0.25, -0.2) is 19.7 Å². The molecule has 0 aliphatic rings. The van der Waals surface area contributed by atoms with Crippen LogP contribution in [0.4, 0.5) is 13.2 Å². The topological polar surface area (TPSA) is 164 Å². The number of aromatic amines is 2. The number of alkyl halides is 3. The number of amides is 2. The van der Waals surface area contributed by atoms with Gasteiger partial charge in [0.05, 0.1) is 12.6 Å². The molecule has 0 aromatic carbocycles. The van der Waals surface area contributed by atoms with Gasteiger partial charge in [0.2, 0.25) is 11.8 Å². The van der Waals surface area contributed by atoms with Crippen LogP contribution in [0, 0.1) is 0 Å². The third-order valence-corrected chi connectivity index (χ3v) is 4.89. The molecule has 172 valence electrons. The standard InChI is InChI=1S/C19H17F3N8O3/c1-8(17(32)27-7-19(20,21)22)30-16-12(28-18(30)33)6-26-15(29-16)11-5-25-14-10(11)2-9(4-24-14)3-13(23)31/h2,4-6,8H,3,7H2,1H3,(H2,23,31)(H,24,25)(H,27,32)(H,28,33). The second kappa shape index (κ2) is 8.03. The lowest BCUT2D eigenvalue weighted by atomic mass is 10.1. The predicted octanol–water partition coefficient (Wildman–Crippen LogP) is 0.930. The molecule has 0 saturated carbocycles. The number of imidazole rings is 1. The summed E-state index contributed by atoms with van der Waals surface area (Å²) in [5.41, 5.74) is 6.32. The van der Waals surface area contributed by atoms with Crippen molar-refractivity contribution >= 4 is 34.0 Å². The highest BCUT2D eigenvalue weighted by atomic mass is 19.4. The van der Waals surface area contributed by atoms with Gasteiger partial charge < -0.3 is 21.0 Å². The van der Waals surface area contributed by atoms with E-state index in [0.29, 0.717) is 22.2 Å². The second-order valence-corrected chi connectivity index (χ2v) is 7.33. The summed E-state index contributed by atoms with van der Waals surface area (Å²) >= 11 is 0. The van der Waals surface area contributed by atoms with Crippen LogP contribution in [0.5, 0.6) is 0 Å². The van der Waals surface area contributed by atoms with Crippen LogP contribution in [0.3, 0.4) is 0 Å². The van der Waals surface area contributed by atoms with Crippen molar-refractivity contribution in [1.29, 1.82) is 0 Å². The van der Waals surface area contributed by atoms with E-state index in [-0.39, 0.29) is 23.4 Å². The Hall–Kier alpha value is -4.23. The molecule has 14 heteroatoms. The van der Waals surface area contributed by atoms with Gasteiger partial charge in [0.15, 0.2) is 11.5 Å². The minimum Gasteiger partial charge on any atom is -0.369 e. The van der Waals surface area contributed by atoms with Crippen molar-refractivity contribution < 1.29 is 22.8 Å². The number of nitrogens with one attached hydrogen (secondary N) is 3. The Bertz CT molecular complexity index is 1440. The molecule has 4 heterocycles. The zero-order valence-corrected chi connectivity index (χ0v) is 17.0. The highest BCUT2D eigenvalue weighted by Crippen LogP contribution is 2.27. The molecule has 4 aromatic rings. The summed E-state index contributed by atoms with van der Waals surface area (Å²) in [6, 6.07) is 0.423. The number of primary amides is 1. The third-order valence-electron chi connectivity index (χ3n) is 4.89. The molecule has 0 aliphatic heterocycles. The third kappa shape index (κ3) is 4.40. The number of nitrogens with zero attached hydrogens (tertiary/aromatic N) is 4. The highest BCUT2D eigenvalue weighted by molar-refractivity contribution is 5.93. The van der Waals surface area contributed by atoms with E-state index in [1.807, 2.05) is 0 Å². The van der Waals surface area contributed by atoms with E-state index in [4.69, 9.17) is 5.73 Å². The molecular formula is C19H17F3N8O3. The Balaban J connectivity index is 1.75. The van der Waals surface area contributed by atoms with E-state index >= 15 is 0 Å². The number of rotatable bonds is 6. The normalized spacial score (nSPS) is 12.8. The molecule has 11 nitrogen and oxygen atoms in total. The first-order valence-electron chi connectivity index (χ1n) is 9.60. The molecule has 5 N–H and O–H groups in total. The van der Waals surface area contributed by atoms with Crippen LogP contribution in [-0.4, -0.2) is 54.0 Å². The number of aromatic nitrogens is 6. The van der Waals surface area contributed by atoms with Crippen LogP contribution in [0.1, 0.15) is 18.5 Å². The average molecular weight is 462 g/mol. The van der Waals surface area contributed by atoms with Gasteiger partial charge in [-0.2, -0.15) is 13.2 Å². The number of nitrogens with two attached hydrogens (primary N) is 1. The summed E-state index contributed by atoms with van der Waals surface area (Å²) in [5, 5.41) is 2.35. The summed E-state index contributed by atoms with van der Waals surface area (Å²) in [5.74, 6) is -1.36. The quantitative estimate of drug-likeness (QED) is 0.333. The highest BCUT2D eigenvalue weighted by Gasteiger charge is 2.30. The smallest absolute Gasteiger partial charge is 0.369 e. The molecule has 0 bridgehead atoms. The SMILES string of the molecule is CC(C(=O)NCC(F)(F)F)n1c(=O)[nH]c2cnc(-c3c[nH]c4ncc(CC(N)=O)cc34)nc21. The number of pyridine rings is 1. The maximum Gasteiger partial charge on any atom is 0.405 e. The molecule has 4 rings (SSSR count). The molecule has 0 fully saturated rings. The molecule has 4 aromatic heterocycles. The first-order chi connectivity index (χ1) is 15.5. The van der Waals surface area contributed by atoms with Gasteiger partial charge in [-0.15, -0.1) is 0 Å². The van der Waals surface area contributed by atoms with E-state index in [9.17, 15) is 27.6 Å². The molecule has 0 radical (unpaired) electrons. The van der Waals surface area contributed by atoms with Gasteiger partial charge >= 0.3 is 11.9 Å². The molecule has 2 amide bonds. The minimum absolute atomic E-state index is 0.0185. The van der Waals surface area contributed by atoms with E-state index in [2.05, 4.69) is 24.9 Å². The number of H-pyrrole nitrogens is 2. The monoisotopic (exact) mass is 462 g/mol. The molecule has 1 atom stereocenters. The zero-order valence-electron chi connectivity index (χ0n) is 17.0. The molecular weight excluding hydrogens is 445 g/mol. The van der Waals surface area contributed by atoms with E-state index in [1.54, 1.807) is 17.6 Å². The maximum atomic E-state index is 12.4. The van der Waals surface area contributed by atoms with Crippen LogP contribution in [-0.2, 0) is 16.0 Å². The molecule has 0 saturated heterocycles. The molecule has 0 spiro atoms. The summed E-state index contributed by atoms with van der Waals surface area (Å²) in [4.78, 5) is 54.1. The second-order valence-electron chi connectivity index (χ2n) is 7.33. The minimum atomic E-state index is -4.59. The van der Waals surface area contributed by atoms with Crippen molar-refractivity contribution in [2.75, 3.05) is 6.54 Å². The number of hydrogen-bond acceptors (Lipinski definition) is 6. The first-order valence-corrected chi connectivity index (χ1v) is 9.60. The van der Waals surface area contributed by atoms with E-state index in [1.165, 1.54) is 19.3 Å².